The largest absolute Gasteiger partial charge is 0.366 e. The Balaban J connectivity index is 1.38. The van der Waals surface area contributed by atoms with E-state index in [2.05, 4.69) is 29.4 Å². The molecule has 5 nitrogen and oxygen atoms in total. The van der Waals surface area contributed by atoms with E-state index in [9.17, 15) is 4.79 Å². The molecular weight excluding hydrogens is 286 g/mol. The number of likely N-dealkylation sites (tertiary alicyclic amines) is 1. The van der Waals surface area contributed by atoms with Crippen LogP contribution in [-0.2, 0) is 11.2 Å². The summed E-state index contributed by atoms with van der Waals surface area (Å²) in [4.78, 5) is 19.8. The molecular formula is C15H19N3O2S. The van der Waals surface area contributed by atoms with E-state index in [0.29, 0.717) is 17.0 Å². The Hall–Kier alpha value is -1.40. The zero-order chi connectivity index (χ0) is 14.4. The number of aryl methyl sites for hydroxylation is 1. The molecule has 2 amide bonds. The zero-order valence-corrected chi connectivity index (χ0v) is 12.8. The van der Waals surface area contributed by atoms with Crippen molar-refractivity contribution in [3.63, 3.8) is 0 Å². The lowest BCUT2D eigenvalue weighted by Crippen LogP contribution is -2.35. The van der Waals surface area contributed by atoms with Crippen LogP contribution in [-0.4, -0.2) is 41.2 Å². The second-order valence-corrected chi connectivity index (χ2v) is 7.11. The lowest BCUT2D eigenvalue weighted by molar-refractivity contribution is 0.0892. The van der Waals surface area contributed by atoms with Crippen molar-refractivity contribution in [1.82, 2.24) is 9.88 Å². The Morgan fingerprint density at radius 2 is 2.14 bits per heavy atom. The van der Waals surface area contributed by atoms with Crippen molar-refractivity contribution >= 4 is 22.5 Å². The maximum absolute atomic E-state index is 12.4. The summed E-state index contributed by atoms with van der Waals surface area (Å²) in [6.07, 6.45) is 8.70. The van der Waals surface area contributed by atoms with E-state index in [1.54, 1.807) is 11.3 Å². The van der Waals surface area contributed by atoms with Crippen molar-refractivity contribution in [1.29, 1.82) is 0 Å². The van der Waals surface area contributed by atoms with Crippen molar-refractivity contribution in [3.8, 4) is 0 Å². The Bertz CT molecular complexity index is 565. The third-order valence-electron chi connectivity index (χ3n) is 4.61. The average Bonchev–Trinajstić information content (AvgIpc) is 3.21. The van der Waals surface area contributed by atoms with Gasteiger partial charge in [0.05, 0.1) is 12.2 Å². The molecule has 0 saturated carbocycles. The number of thiazole rings is 1. The molecule has 3 aliphatic heterocycles. The van der Waals surface area contributed by atoms with Crippen molar-refractivity contribution in [3.05, 3.63) is 23.2 Å². The second kappa shape index (κ2) is 5.10. The van der Waals surface area contributed by atoms with Crippen LogP contribution in [0.5, 0.6) is 0 Å². The number of fused-ring (bicyclic) bond motifs is 5. The van der Waals surface area contributed by atoms with Gasteiger partial charge in [-0.25, -0.2) is 9.78 Å². The minimum atomic E-state index is -0.0267. The molecule has 0 aromatic carbocycles. The summed E-state index contributed by atoms with van der Waals surface area (Å²) in [5.41, 5.74) is 0. The van der Waals surface area contributed by atoms with Crippen LogP contribution in [0, 0.1) is 11.8 Å². The monoisotopic (exact) mass is 305 g/mol. The number of rotatable bonds is 3. The highest BCUT2D eigenvalue weighted by atomic mass is 32.1. The van der Waals surface area contributed by atoms with Crippen LogP contribution >= 0.6 is 11.3 Å². The van der Waals surface area contributed by atoms with E-state index in [1.807, 2.05) is 11.1 Å². The molecule has 112 valence electrons. The molecule has 1 aromatic rings. The Morgan fingerprint density at radius 3 is 2.81 bits per heavy atom. The Morgan fingerprint density at radius 1 is 1.43 bits per heavy atom. The maximum Gasteiger partial charge on any atom is 0.323 e. The van der Waals surface area contributed by atoms with Gasteiger partial charge >= 0.3 is 6.03 Å². The molecule has 4 unspecified atom stereocenters. The minimum Gasteiger partial charge on any atom is -0.366 e. The molecule has 4 atom stereocenters. The first-order valence-electron chi connectivity index (χ1n) is 7.59. The standard InChI is InChI=1S/C15H19N3O2S/c1-2-3-9-6-16-14(21-9)17-15(19)18-7-10-11(8-18)13-5-4-12(10)20-13/h4-6,10-13H,2-3,7-8H2,1H3,(H,16,17,19). The smallest absolute Gasteiger partial charge is 0.323 e. The van der Waals surface area contributed by atoms with Gasteiger partial charge in [-0.1, -0.05) is 25.5 Å². The summed E-state index contributed by atoms with van der Waals surface area (Å²) in [6.45, 7) is 3.72. The topological polar surface area (TPSA) is 54.5 Å². The van der Waals surface area contributed by atoms with Crippen molar-refractivity contribution < 1.29 is 9.53 Å². The normalized spacial score (nSPS) is 32.7. The fraction of sp³-hybridized carbons (Fsp3) is 0.600. The van der Waals surface area contributed by atoms with Gasteiger partial charge in [0.15, 0.2) is 5.13 Å². The number of anilines is 1. The van der Waals surface area contributed by atoms with E-state index >= 15 is 0 Å². The number of amides is 2. The zero-order valence-electron chi connectivity index (χ0n) is 12.0. The predicted octanol–water partition coefficient (Wildman–Crippen LogP) is 2.51. The van der Waals surface area contributed by atoms with Gasteiger partial charge in [0, 0.05) is 36.0 Å². The fourth-order valence-electron chi connectivity index (χ4n) is 3.59. The first-order chi connectivity index (χ1) is 10.2. The highest BCUT2D eigenvalue weighted by molar-refractivity contribution is 7.15. The van der Waals surface area contributed by atoms with Crippen LogP contribution in [0.2, 0.25) is 0 Å². The Kier molecular flexibility index (Phi) is 3.23. The van der Waals surface area contributed by atoms with E-state index < -0.39 is 0 Å². The van der Waals surface area contributed by atoms with Crippen LogP contribution in [0.25, 0.3) is 0 Å². The molecule has 6 heteroatoms. The third kappa shape index (κ3) is 2.26. The lowest BCUT2D eigenvalue weighted by atomic mass is 9.86. The third-order valence-corrected chi connectivity index (χ3v) is 5.58. The molecule has 3 aliphatic rings. The van der Waals surface area contributed by atoms with Gasteiger partial charge in [0.1, 0.15) is 0 Å². The summed E-state index contributed by atoms with van der Waals surface area (Å²) in [7, 11) is 0. The molecule has 21 heavy (non-hydrogen) atoms. The molecule has 2 saturated heterocycles. The fourth-order valence-corrected chi connectivity index (χ4v) is 4.50. The van der Waals surface area contributed by atoms with E-state index in [0.717, 1.165) is 25.9 Å². The average molecular weight is 305 g/mol. The van der Waals surface area contributed by atoms with Crippen LogP contribution < -0.4 is 5.32 Å². The maximum atomic E-state index is 12.4. The second-order valence-electron chi connectivity index (χ2n) is 5.99. The summed E-state index contributed by atoms with van der Waals surface area (Å²) in [5, 5.41) is 3.64. The molecule has 2 bridgehead atoms. The number of ether oxygens (including phenoxy) is 1. The molecule has 1 N–H and O–H groups in total. The first-order valence-corrected chi connectivity index (χ1v) is 8.40. The van der Waals surface area contributed by atoms with E-state index in [4.69, 9.17) is 4.74 Å². The number of carbonyl (C=O) groups excluding carboxylic acids is 1. The number of urea groups is 1. The predicted molar refractivity (Wildman–Crippen MR) is 81.5 cm³/mol. The molecule has 1 aromatic heterocycles. The van der Waals surface area contributed by atoms with Gasteiger partial charge < -0.3 is 9.64 Å². The molecule has 0 aliphatic carbocycles. The summed E-state index contributed by atoms with van der Waals surface area (Å²) >= 11 is 1.57. The number of hydrogen-bond acceptors (Lipinski definition) is 4. The molecule has 2 fully saturated rings. The van der Waals surface area contributed by atoms with Crippen LogP contribution in [0.3, 0.4) is 0 Å². The van der Waals surface area contributed by atoms with E-state index in [-0.39, 0.29) is 18.2 Å². The molecule has 0 radical (unpaired) electrons. The quantitative estimate of drug-likeness (QED) is 0.873. The minimum absolute atomic E-state index is 0.0267. The summed E-state index contributed by atoms with van der Waals surface area (Å²) in [5.74, 6) is 0.940. The number of hydrogen-bond donors (Lipinski definition) is 1. The van der Waals surface area contributed by atoms with E-state index in [1.165, 1.54) is 4.88 Å². The van der Waals surface area contributed by atoms with Crippen molar-refractivity contribution in [2.24, 2.45) is 11.8 Å². The SMILES string of the molecule is CCCc1cnc(NC(=O)N2CC3C4C=CC(O4)C3C2)s1. The van der Waals surface area contributed by atoms with Crippen LogP contribution in [0.1, 0.15) is 18.2 Å². The number of nitrogens with one attached hydrogen (secondary N) is 1. The number of aromatic nitrogens is 1. The van der Waals surface area contributed by atoms with Gasteiger partial charge in [0.25, 0.3) is 0 Å². The van der Waals surface area contributed by atoms with Crippen LogP contribution in [0.4, 0.5) is 9.93 Å². The molecule has 4 rings (SSSR count). The highest BCUT2D eigenvalue weighted by Gasteiger charge is 2.51. The lowest BCUT2D eigenvalue weighted by Gasteiger charge is -2.18. The number of nitrogens with zero attached hydrogens (tertiary/aromatic N) is 2. The van der Waals surface area contributed by atoms with Crippen LogP contribution in [0.15, 0.2) is 18.3 Å². The van der Waals surface area contributed by atoms with Gasteiger partial charge in [-0.15, -0.1) is 11.3 Å². The first kappa shape index (κ1) is 13.3. The van der Waals surface area contributed by atoms with Gasteiger partial charge in [-0.2, -0.15) is 0 Å². The highest BCUT2D eigenvalue weighted by Crippen LogP contribution is 2.43. The van der Waals surface area contributed by atoms with Crippen molar-refractivity contribution in [2.75, 3.05) is 18.4 Å². The summed E-state index contributed by atoms with van der Waals surface area (Å²) < 4.78 is 5.84. The van der Waals surface area contributed by atoms with Gasteiger partial charge in [-0.3, -0.25) is 5.32 Å². The van der Waals surface area contributed by atoms with Gasteiger partial charge in [0.2, 0.25) is 0 Å². The van der Waals surface area contributed by atoms with Gasteiger partial charge in [-0.05, 0) is 6.42 Å². The summed E-state index contributed by atoms with van der Waals surface area (Å²) in [6, 6.07) is -0.0267. The Labute approximate surface area is 128 Å². The molecule has 0 spiro atoms. The van der Waals surface area contributed by atoms with Crippen molar-refractivity contribution in [2.45, 2.75) is 32.0 Å². The number of carbonyl (C=O) groups is 1. The molecule has 4 heterocycles.